The number of Topliss-reactive ketones (excluding diaryl/α,β-unsaturated/α-hetero) is 1. The van der Waals surface area contributed by atoms with Crippen LogP contribution in [-0.2, 0) is 10.2 Å². The van der Waals surface area contributed by atoms with E-state index in [1.54, 1.807) is 19.1 Å². The summed E-state index contributed by atoms with van der Waals surface area (Å²) >= 11 is 0. The smallest absolute Gasteiger partial charge is 0.263 e. The molecule has 0 bridgehead atoms. The highest BCUT2D eigenvalue weighted by Crippen LogP contribution is 2.52. The number of rotatable bonds is 2. The summed E-state index contributed by atoms with van der Waals surface area (Å²) in [5.41, 5.74) is 0.826. The van der Waals surface area contributed by atoms with Gasteiger partial charge in [0.25, 0.3) is 6.43 Å². The van der Waals surface area contributed by atoms with Crippen molar-refractivity contribution < 1.29 is 18.0 Å². The largest absolute Gasteiger partial charge is 0.343 e. The van der Waals surface area contributed by atoms with Crippen molar-refractivity contribution in [3.63, 3.8) is 0 Å². The summed E-state index contributed by atoms with van der Waals surface area (Å²) in [6, 6.07) is 7.35. The summed E-state index contributed by atoms with van der Waals surface area (Å²) in [4.78, 5) is 17.4. The molecule has 1 atom stereocenters. The summed E-state index contributed by atoms with van der Waals surface area (Å²) in [7, 11) is 0. The van der Waals surface area contributed by atoms with Crippen molar-refractivity contribution in [2.75, 3.05) is 5.32 Å². The molecule has 0 unspecified atom stereocenters. The first kappa shape index (κ1) is 18.7. The van der Waals surface area contributed by atoms with Crippen molar-refractivity contribution in [3.05, 3.63) is 70.3 Å². The van der Waals surface area contributed by atoms with Gasteiger partial charge in [0, 0.05) is 28.8 Å². The van der Waals surface area contributed by atoms with E-state index in [4.69, 9.17) is 0 Å². The van der Waals surface area contributed by atoms with Gasteiger partial charge in [0.05, 0.1) is 11.6 Å². The predicted octanol–water partition coefficient (Wildman–Crippen LogP) is 5.53. The molecule has 0 fully saturated rings. The number of nitrogens with one attached hydrogen (secondary N) is 1. The zero-order valence-corrected chi connectivity index (χ0v) is 15.9. The highest BCUT2D eigenvalue weighted by atomic mass is 19.3. The number of ketones is 1. The number of anilines is 1. The normalized spacial score (nSPS) is 23.3. The third-order valence-electron chi connectivity index (χ3n) is 5.75. The summed E-state index contributed by atoms with van der Waals surface area (Å²) in [6.45, 7) is 5.82. The Kier molecular flexibility index (Phi) is 4.14. The fourth-order valence-electron chi connectivity index (χ4n) is 4.49. The number of aromatic nitrogens is 1. The summed E-state index contributed by atoms with van der Waals surface area (Å²) < 4.78 is 40.8. The molecule has 1 aliphatic heterocycles. The van der Waals surface area contributed by atoms with Crippen LogP contribution in [0.5, 0.6) is 0 Å². The van der Waals surface area contributed by atoms with Gasteiger partial charge in [-0.2, -0.15) is 0 Å². The molecule has 0 spiro atoms. The van der Waals surface area contributed by atoms with Crippen LogP contribution in [0.3, 0.4) is 0 Å². The minimum absolute atomic E-state index is 0.0568. The number of benzene rings is 1. The Bertz CT molecular complexity index is 1010. The number of nitrogens with zero attached hydrogens (tertiary/aromatic N) is 1. The first-order valence-corrected chi connectivity index (χ1v) is 9.20. The van der Waals surface area contributed by atoms with Crippen LogP contribution in [0.2, 0.25) is 0 Å². The quantitative estimate of drug-likeness (QED) is 0.738. The van der Waals surface area contributed by atoms with Crippen molar-refractivity contribution in [2.24, 2.45) is 5.41 Å². The van der Waals surface area contributed by atoms with E-state index in [2.05, 4.69) is 10.3 Å². The number of halogens is 3. The van der Waals surface area contributed by atoms with Crippen molar-refractivity contribution in [2.45, 2.75) is 45.5 Å². The van der Waals surface area contributed by atoms with Gasteiger partial charge in [0.15, 0.2) is 5.78 Å². The SMILES string of the molecule is CC1(C)CC(=O)C2=C(C1)Nc1ncc(F)cc1[C@@]2(C)c1cccc(C(F)F)c1. The Morgan fingerprint density at radius 3 is 2.61 bits per heavy atom. The van der Waals surface area contributed by atoms with Crippen molar-refractivity contribution in [1.82, 2.24) is 4.98 Å². The zero-order valence-electron chi connectivity index (χ0n) is 15.9. The third kappa shape index (κ3) is 2.82. The van der Waals surface area contributed by atoms with Gasteiger partial charge in [-0.3, -0.25) is 4.79 Å². The Morgan fingerprint density at radius 1 is 1.14 bits per heavy atom. The molecule has 3 nitrogen and oxygen atoms in total. The standard InChI is InChI=1S/C22H21F3N2O/c1-21(2)9-16-18(17(28)10-21)22(3,13-6-4-5-12(7-13)19(24)25)15-8-14(23)11-26-20(15)27-16/h4-8,11,19H,9-10H2,1-3H3,(H,26,27)/t22-/m1/s1. The maximum absolute atomic E-state index is 14.1. The van der Waals surface area contributed by atoms with E-state index in [1.807, 2.05) is 13.8 Å². The molecule has 1 aliphatic carbocycles. The maximum Gasteiger partial charge on any atom is 0.263 e. The van der Waals surface area contributed by atoms with Crippen LogP contribution in [0.15, 0.2) is 47.8 Å². The predicted molar refractivity (Wildman–Crippen MR) is 101 cm³/mol. The minimum Gasteiger partial charge on any atom is -0.343 e. The average Bonchev–Trinajstić information content (AvgIpc) is 2.61. The van der Waals surface area contributed by atoms with E-state index in [-0.39, 0.29) is 16.8 Å². The van der Waals surface area contributed by atoms with E-state index in [1.165, 1.54) is 18.2 Å². The first-order chi connectivity index (χ1) is 13.1. The molecular weight excluding hydrogens is 365 g/mol. The highest BCUT2D eigenvalue weighted by Gasteiger charge is 2.48. The minimum atomic E-state index is -2.63. The zero-order chi connectivity index (χ0) is 20.3. The summed E-state index contributed by atoms with van der Waals surface area (Å²) in [5.74, 6) is -0.140. The first-order valence-electron chi connectivity index (χ1n) is 9.20. The molecule has 0 saturated heterocycles. The van der Waals surface area contributed by atoms with Gasteiger partial charge >= 0.3 is 0 Å². The molecular formula is C22H21F3N2O. The Balaban J connectivity index is 2.01. The van der Waals surface area contributed by atoms with Crippen LogP contribution < -0.4 is 5.32 Å². The van der Waals surface area contributed by atoms with Gasteiger partial charge in [-0.05, 0) is 36.5 Å². The number of hydrogen-bond donors (Lipinski definition) is 1. The lowest BCUT2D eigenvalue weighted by Crippen LogP contribution is -2.42. The van der Waals surface area contributed by atoms with Crippen LogP contribution in [0.25, 0.3) is 0 Å². The number of carbonyl (C=O) groups is 1. The van der Waals surface area contributed by atoms with Gasteiger partial charge in [0.2, 0.25) is 0 Å². The van der Waals surface area contributed by atoms with E-state index in [0.717, 1.165) is 11.9 Å². The number of fused-ring (bicyclic) bond motifs is 1. The topological polar surface area (TPSA) is 42.0 Å². The molecule has 2 aliphatic rings. The van der Waals surface area contributed by atoms with E-state index in [9.17, 15) is 18.0 Å². The highest BCUT2D eigenvalue weighted by molar-refractivity contribution is 6.02. The Morgan fingerprint density at radius 2 is 1.89 bits per heavy atom. The van der Waals surface area contributed by atoms with Gasteiger partial charge in [-0.1, -0.05) is 32.0 Å². The molecule has 0 amide bonds. The van der Waals surface area contributed by atoms with Crippen LogP contribution in [0.4, 0.5) is 19.0 Å². The second kappa shape index (κ2) is 6.19. The fourth-order valence-corrected chi connectivity index (χ4v) is 4.49. The molecule has 1 N–H and O–H groups in total. The van der Waals surface area contributed by atoms with Crippen molar-refractivity contribution in [1.29, 1.82) is 0 Å². The number of alkyl halides is 2. The Labute approximate surface area is 161 Å². The number of carbonyl (C=O) groups excluding carboxylic acids is 1. The van der Waals surface area contributed by atoms with Gasteiger partial charge in [-0.25, -0.2) is 18.2 Å². The number of hydrogen-bond acceptors (Lipinski definition) is 3. The van der Waals surface area contributed by atoms with Gasteiger partial charge in [-0.15, -0.1) is 0 Å². The van der Waals surface area contributed by atoms with E-state index in [0.29, 0.717) is 35.4 Å². The molecule has 1 aromatic heterocycles. The van der Waals surface area contributed by atoms with Crippen LogP contribution >= 0.6 is 0 Å². The monoisotopic (exact) mass is 386 g/mol. The Hall–Kier alpha value is -2.63. The second-order valence-corrected chi connectivity index (χ2v) is 8.52. The number of pyridine rings is 1. The fraction of sp³-hybridized carbons (Fsp3) is 0.364. The van der Waals surface area contributed by atoms with Crippen LogP contribution in [-0.4, -0.2) is 10.8 Å². The van der Waals surface area contributed by atoms with Crippen molar-refractivity contribution in [3.8, 4) is 0 Å². The molecule has 28 heavy (non-hydrogen) atoms. The van der Waals surface area contributed by atoms with Crippen LogP contribution in [0.1, 0.15) is 56.7 Å². The van der Waals surface area contributed by atoms with E-state index >= 15 is 0 Å². The molecule has 6 heteroatoms. The number of allylic oxidation sites excluding steroid dienone is 2. The lowest BCUT2D eigenvalue weighted by atomic mass is 9.62. The van der Waals surface area contributed by atoms with Gasteiger partial charge in [0.1, 0.15) is 11.6 Å². The molecule has 0 radical (unpaired) electrons. The lowest BCUT2D eigenvalue weighted by Gasteiger charge is -2.44. The van der Waals surface area contributed by atoms with Crippen molar-refractivity contribution >= 4 is 11.6 Å². The maximum atomic E-state index is 14.1. The van der Waals surface area contributed by atoms with Crippen LogP contribution in [0, 0.1) is 11.2 Å². The summed E-state index contributed by atoms with van der Waals surface area (Å²) in [6.07, 6.45) is -0.555. The molecule has 0 saturated carbocycles. The average molecular weight is 386 g/mol. The second-order valence-electron chi connectivity index (χ2n) is 8.52. The van der Waals surface area contributed by atoms with Gasteiger partial charge < -0.3 is 5.32 Å². The summed E-state index contributed by atoms with van der Waals surface area (Å²) in [5, 5.41) is 3.21. The lowest BCUT2D eigenvalue weighted by molar-refractivity contribution is -0.118. The molecule has 1 aromatic carbocycles. The molecule has 4 rings (SSSR count). The third-order valence-corrected chi connectivity index (χ3v) is 5.75. The molecule has 2 heterocycles. The molecule has 146 valence electrons. The van der Waals surface area contributed by atoms with E-state index < -0.39 is 17.7 Å². The molecule has 2 aromatic rings.